The maximum Gasteiger partial charge on any atom is 0.280 e. The molecule has 0 aliphatic heterocycles. The Morgan fingerprint density at radius 1 is 1.54 bits per heavy atom. The molecule has 0 fully saturated rings. The summed E-state index contributed by atoms with van der Waals surface area (Å²) in [5.41, 5.74) is 4.72. The fourth-order valence-corrected chi connectivity index (χ4v) is 1.37. The Morgan fingerprint density at radius 2 is 2.15 bits per heavy atom. The van der Waals surface area contributed by atoms with Crippen molar-refractivity contribution in [2.75, 3.05) is 0 Å². The zero-order valence-electron chi connectivity index (χ0n) is 6.40. The second-order valence-corrected chi connectivity index (χ2v) is 3.08. The molecule has 0 aromatic carbocycles. The van der Waals surface area contributed by atoms with E-state index in [9.17, 15) is 13.2 Å². The van der Waals surface area contributed by atoms with Crippen molar-refractivity contribution in [2.45, 2.75) is 13.0 Å². The smallest absolute Gasteiger partial charge is 0.280 e. The fourth-order valence-electron chi connectivity index (χ4n) is 0.900. The molecule has 72 valence electrons. The van der Waals surface area contributed by atoms with Crippen LogP contribution in [-0.4, -0.2) is 4.98 Å². The first-order chi connectivity index (χ1) is 6.07. The Bertz CT molecular complexity index is 317. The van der Waals surface area contributed by atoms with Gasteiger partial charge in [0.05, 0.1) is 10.7 Å². The molecule has 2 nitrogen and oxygen atoms in total. The molecule has 1 heterocycles. The average molecular weight is 255 g/mol. The first-order valence-corrected chi connectivity index (χ1v) is 4.18. The highest BCUT2D eigenvalue weighted by Crippen LogP contribution is 2.27. The highest BCUT2D eigenvalue weighted by Gasteiger charge is 2.18. The molecule has 13 heavy (non-hydrogen) atoms. The van der Waals surface area contributed by atoms with Crippen LogP contribution in [0, 0.1) is 5.82 Å². The van der Waals surface area contributed by atoms with Gasteiger partial charge < -0.3 is 5.73 Å². The molecular weight excluding hydrogens is 249 g/mol. The van der Waals surface area contributed by atoms with Crippen molar-refractivity contribution in [2.24, 2.45) is 5.73 Å². The lowest BCUT2D eigenvalue weighted by molar-refractivity contribution is 0.144. The van der Waals surface area contributed by atoms with Crippen LogP contribution in [-0.2, 0) is 6.54 Å². The van der Waals surface area contributed by atoms with Crippen LogP contribution in [0.3, 0.4) is 0 Å². The van der Waals surface area contributed by atoms with E-state index in [2.05, 4.69) is 20.9 Å². The second kappa shape index (κ2) is 4.06. The first-order valence-electron chi connectivity index (χ1n) is 3.39. The van der Waals surface area contributed by atoms with Crippen LogP contribution in [0.25, 0.3) is 0 Å². The van der Waals surface area contributed by atoms with Crippen LogP contribution >= 0.6 is 15.9 Å². The van der Waals surface area contributed by atoms with Crippen LogP contribution in [0.1, 0.15) is 17.7 Å². The third-order valence-electron chi connectivity index (χ3n) is 1.51. The van der Waals surface area contributed by atoms with Crippen LogP contribution in [0.15, 0.2) is 10.7 Å². The minimum absolute atomic E-state index is 0.00926. The van der Waals surface area contributed by atoms with Crippen LogP contribution in [0.4, 0.5) is 13.2 Å². The number of hydrogen-bond donors (Lipinski definition) is 1. The Morgan fingerprint density at radius 3 is 2.62 bits per heavy atom. The van der Waals surface area contributed by atoms with Gasteiger partial charge in [0.15, 0.2) is 5.82 Å². The van der Waals surface area contributed by atoms with Crippen molar-refractivity contribution in [3.05, 3.63) is 27.7 Å². The molecular formula is C7H6BrF3N2. The van der Waals surface area contributed by atoms with Gasteiger partial charge in [-0.25, -0.2) is 13.2 Å². The Balaban J connectivity index is 3.30. The van der Waals surface area contributed by atoms with Gasteiger partial charge in [-0.05, 0) is 15.9 Å². The van der Waals surface area contributed by atoms with Gasteiger partial charge in [-0.2, -0.15) is 0 Å². The fraction of sp³-hybridized carbons (Fsp3) is 0.286. The summed E-state index contributed by atoms with van der Waals surface area (Å²) in [6, 6.07) is 0. The quantitative estimate of drug-likeness (QED) is 0.881. The lowest BCUT2D eigenvalue weighted by atomic mass is 10.2. The monoisotopic (exact) mass is 254 g/mol. The summed E-state index contributed by atoms with van der Waals surface area (Å²) in [5.74, 6) is -0.690. The second-order valence-electron chi connectivity index (χ2n) is 2.29. The summed E-state index contributed by atoms with van der Waals surface area (Å²) in [4.78, 5) is 3.27. The summed E-state index contributed by atoms with van der Waals surface area (Å²) in [7, 11) is 0. The molecule has 1 rings (SSSR count). The van der Waals surface area contributed by atoms with Crippen molar-refractivity contribution >= 4 is 15.9 Å². The van der Waals surface area contributed by atoms with Crippen molar-refractivity contribution in [3.63, 3.8) is 0 Å². The Labute approximate surface area is 81.1 Å². The predicted octanol–water partition coefficient (Wildman–Crippen LogP) is 2.38. The van der Waals surface area contributed by atoms with Gasteiger partial charge in [0.25, 0.3) is 6.43 Å². The number of hydrogen-bond acceptors (Lipinski definition) is 2. The molecule has 1 aromatic heterocycles. The minimum Gasteiger partial charge on any atom is -0.326 e. The zero-order chi connectivity index (χ0) is 10.0. The molecule has 1 aromatic rings. The highest BCUT2D eigenvalue weighted by molar-refractivity contribution is 9.10. The average Bonchev–Trinajstić information content (AvgIpc) is 2.09. The zero-order valence-corrected chi connectivity index (χ0v) is 7.98. The molecule has 0 spiro atoms. The number of pyridine rings is 1. The molecule has 0 amide bonds. The third-order valence-corrected chi connectivity index (χ3v) is 2.37. The summed E-state index contributed by atoms with van der Waals surface area (Å²) >= 11 is 2.83. The van der Waals surface area contributed by atoms with E-state index in [4.69, 9.17) is 5.73 Å². The molecule has 0 aliphatic rings. The molecule has 6 heteroatoms. The molecule has 0 unspecified atom stereocenters. The summed E-state index contributed by atoms with van der Waals surface area (Å²) in [6.45, 7) is -0.176. The van der Waals surface area contributed by atoms with E-state index >= 15 is 0 Å². The van der Waals surface area contributed by atoms with Gasteiger partial charge in [0, 0.05) is 12.1 Å². The van der Waals surface area contributed by atoms with Crippen LogP contribution < -0.4 is 5.73 Å². The highest BCUT2D eigenvalue weighted by atomic mass is 79.9. The van der Waals surface area contributed by atoms with Crippen LogP contribution in [0.5, 0.6) is 0 Å². The van der Waals surface area contributed by atoms with Gasteiger partial charge in [-0.15, -0.1) is 0 Å². The van der Waals surface area contributed by atoms with Gasteiger partial charge >= 0.3 is 0 Å². The first kappa shape index (κ1) is 10.5. The number of aromatic nitrogens is 1. The standard InChI is InChI=1S/C7H6BrF3N2/c8-5-3(1-12)6(7(10)11)13-2-4(5)9/h2,7H,1,12H2. The number of alkyl halides is 2. The summed E-state index contributed by atoms with van der Waals surface area (Å²) < 4.78 is 37.3. The SMILES string of the molecule is NCc1c(C(F)F)ncc(F)c1Br. The number of rotatable bonds is 2. The summed E-state index contributed by atoms with van der Waals surface area (Å²) in [6.07, 6.45) is -2.00. The third kappa shape index (κ3) is 2.00. The normalized spacial score (nSPS) is 10.9. The van der Waals surface area contributed by atoms with E-state index < -0.39 is 17.9 Å². The van der Waals surface area contributed by atoms with E-state index in [0.29, 0.717) is 0 Å². The van der Waals surface area contributed by atoms with E-state index in [1.165, 1.54) is 0 Å². The lowest BCUT2D eigenvalue weighted by Gasteiger charge is -2.07. The molecule has 0 atom stereocenters. The maximum atomic E-state index is 12.8. The van der Waals surface area contributed by atoms with Gasteiger partial charge in [0.1, 0.15) is 5.69 Å². The topological polar surface area (TPSA) is 38.9 Å². The number of halogens is 4. The minimum atomic E-state index is -2.74. The van der Waals surface area contributed by atoms with Gasteiger partial charge in [0.2, 0.25) is 0 Å². The Kier molecular flexibility index (Phi) is 3.27. The molecule has 0 saturated heterocycles. The van der Waals surface area contributed by atoms with Gasteiger partial charge in [-0.3, -0.25) is 4.98 Å². The molecule has 0 radical (unpaired) electrons. The number of nitrogens with zero attached hydrogens (tertiary/aromatic N) is 1. The molecule has 0 bridgehead atoms. The van der Waals surface area contributed by atoms with Crippen molar-refractivity contribution in [1.82, 2.24) is 4.98 Å². The maximum absolute atomic E-state index is 12.8. The largest absolute Gasteiger partial charge is 0.326 e. The molecule has 2 N–H and O–H groups in total. The molecule has 0 aliphatic carbocycles. The van der Waals surface area contributed by atoms with E-state index in [1.54, 1.807) is 0 Å². The number of nitrogens with two attached hydrogens (primary N) is 1. The predicted molar refractivity (Wildman–Crippen MR) is 44.7 cm³/mol. The van der Waals surface area contributed by atoms with Crippen molar-refractivity contribution < 1.29 is 13.2 Å². The lowest BCUT2D eigenvalue weighted by Crippen LogP contribution is -2.06. The summed E-state index contributed by atoms with van der Waals surface area (Å²) in [5, 5.41) is 0. The van der Waals surface area contributed by atoms with E-state index in [-0.39, 0.29) is 16.6 Å². The molecule has 0 saturated carbocycles. The van der Waals surface area contributed by atoms with Gasteiger partial charge in [-0.1, -0.05) is 0 Å². The Hall–Kier alpha value is -0.620. The van der Waals surface area contributed by atoms with Crippen molar-refractivity contribution in [1.29, 1.82) is 0 Å². The van der Waals surface area contributed by atoms with Crippen molar-refractivity contribution in [3.8, 4) is 0 Å². The van der Waals surface area contributed by atoms with E-state index in [0.717, 1.165) is 6.20 Å². The van der Waals surface area contributed by atoms with E-state index in [1.807, 2.05) is 0 Å². The van der Waals surface area contributed by atoms with Crippen LogP contribution in [0.2, 0.25) is 0 Å².